The first-order chi connectivity index (χ1) is 12.1. The first kappa shape index (κ1) is 16.4. The second-order valence-electron chi connectivity index (χ2n) is 5.58. The number of phenols is 1. The molecule has 0 spiro atoms. The summed E-state index contributed by atoms with van der Waals surface area (Å²) in [5.74, 6) is -0.0116. The molecule has 3 aromatic rings. The number of H-pyrrole nitrogens is 1. The van der Waals surface area contributed by atoms with E-state index in [1.165, 1.54) is 17.0 Å². The Labute approximate surface area is 144 Å². The number of hydrogen-bond acceptors (Lipinski definition) is 4. The maximum atomic E-state index is 12.6. The number of rotatable bonds is 5. The van der Waals surface area contributed by atoms with Crippen LogP contribution < -0.4 is 5.56 Å². The summed E-state index contributed by atoms with van der Waals surface area (Å²) in [6.45, 7) is 1.78. The predicted molar refractivity (Wildman–Crippen MR) is 96.3 cm³/mol. The number of benzene rings is 2. The molecule has 0 amide bonds. The maximum Gasteiger partial charge on any atom is 0.280 e. The van der Waals surface area contributed by atoms with Crippen molar-refractivity contribution < 1.29 is 9.90 Å². The zero-order valence-electron chi connectivity index (χ0n) is 13.6. The van der Waals surface area contributed by atoms with Crippen molar-refractivity contribution in [2.45, 2.75) is 13.3 Å². The number of aromatic hydroxyl groups is 1. The fraction of sp³-hybridized carbons (Fsp3) is 0.105. The number of carbonyl (C=O) groups excluding carboxylic acids is 1. The molecule has 0 saturated carbocycles. The summed E-state index contributed by atoms with van der Waals surface area (Å²) in [5, 5.41) is 12.9. The van der Waals surface area contributed by atoms with E-state index in [-0.39, 0.29) is 17.7 Å². The number of nitrogens with zero attached hydrogens (tertiary/aromatic N) is 2. The lowest BCUT2D eigenvalue weighted by Crippen LogP contribution is -2.17. The lowest BCUT2D eigenvalue weighted by atomic mass is 10.1. The highest BCUT2D eigenvalue weighted by Gasteiger charge is 2.10. The molecule has 0 atom stereocenters. The van der Waals surface area contributed by atoms with Gasteiger partial charge in [-0.05, 0) is 36.8 Å². The molecular weight excluding hydrogens is 318 g/mol. The Balaban J connectivity index is 1.98. The number of nitrogens with one attached hydrogen (secondary N) is 1. The standard InChI is InChI=1S/C19H17N3O3/c1-13-16(19(25)22(21-13)15-5-3-2-4-6-15)12-20-17-11-14(9-10-23)7-8-18(17)24/h2-8,10-12,21,24H,9H2,1H3. The Bertz CT molecular complexity index is 985. The number of aromatic nitrogens is 2. The number of aldehydes is 1. The van der Waals surface area contributed by atoms with Crippen LogP contribution in [0, 0.1) is 6.92 Å². The molecule has 0 radical (unpaired) electrons. The van der Waals surface area contributed by atoms with Gasteiger partial charge < -0.3 is 9.90 Å². The van der Waals surface area contributed by atoms with Crippen molar-refractivity contribution in [1.29, 1.82) is 0 Å². The minimum Gasteiger partial charge on any atom is -0.506 e. The monoisotopic (exact) mass is 335 g/mol. The molecule has 0 saturated heterocycles. The van der Waals surface area contributed by atoms with Gasteiger partial charge in [0.25, 0.3) is 5.56 Å². The molecule has 0 aliphatic rings. The van der Waals surface area contributed by atoms with Crippen LogP contribution in [0.2, 0.25) is 0 Å². The molecule has 25 heavy (non-hydrogen) atoms. The third kappa shape index (κ3) is 3.42. The molecule has 0 fully saturated rings. The van der Waals surface area contributed by atoms with E-state index in [4.69, 9.17) is 0 Å². The van der Waals surface area contributed by atoms with Gasteiger partial charge in [0, 0.05) is 18.3 Å². The van der Waals surface area contributed by atoms with Crippen LogP contribution in [0.15, 0.2) is 58.3 Å². The third-order valence-corrected chi connectivity index (χ3v) is 3.82. The molecule has 1 aromatic heterocycles. The molecule has 2 N–H and O–H groups in total. The van der Waals surface area contributed by atoms with Crippen LogP contribution in [0.5, 0.6) is 5.75 Å². The lowest BCUT2D eigenvalue weighted by molar-refractivity contribution is -0.107. The van der Waals surface area contributed by atoms with Gasteiger partial charge in [-0.3, -0.25) is 14.9 Å². The molecule has 0 bridgehead atoms. The molecule has 2 aromatic carbocycles. The Morgan fingerprint density at radius 2 is 1.96 bits per heavy atom. The van der Waals surface area contributed by atoms with Gasteiger partial charge in [0.1, 0.15) is 17.7 Å². The molecule has 3 rings (SSSR count). The minimum absolute atomic E-state index is 0.0116. The van der Waals surface area contributed by atoms with Crippen LogP contribution in [-0.4, -0.2) is 27.4 Å². The van der Waals surface area contributed by atoms with Crippen molar-refractivity contribution in [2.24, 2.45) is 4.99 Å². The third-order valence-electron chi connectivity index (χ3n) is 3.82. The summed E-state index contributed by atoms with van der Waals surface area (Å²) >= 11 is 0. The van der Waals surface area contributed by atoms with Crippen LogP contribution in [0.4, 0.5) is 5.69 Å². The fourth-order valence-corrected chi connectivity index (χ4v) is 2.50. The van der Waals surface area contributed by atoms with E-state index in [1.54, 1.807) is 19.1 Å². The summed E-state index contributed by atoms with van der Waals surface area (Å²) < 4.78 is 1.44. The molecular formula is C19H17N3O3. The van der Waals surface area contributed by atoms with Crippen LogP contribution in [0.25, 0.3) is 5.69 Å². The van der Waals surface area contributed by atoms with Crippen molar-refractivity contribution in [2.75, 3.05) is 0 Å². The van der Waals surface area contributed by atoms with Crippen LogP contribution in [-0.2, 0) is 11.2 Å². The van der Waals surface area contributed by atoms with Gasteiger partial charge in [0.15, 0.2) is 0 Å². The molecule has 126 valence electrons. The van der Waals surface area contributed by atoms with E-state index >= 15 is 0 Å². The van der Waals surface area contributed by atoms with E-state index in [2.05, 4.69) is 10.1 Å². The molecule has 6 heteroatoms. The number of aromatic amines is 1. The van der Waals surface area contributed by atoms with Gasteiger partial charge in [-0.1, -0.05) is 24.3 Å². The number of phenolic OH excluding ortho intramolecular Hbond substituents is 1. The van der Waals surface area contributed by atoms with Crippen molar-refractivity contribution in [3.8, 4) is 11.4 Å². The Kier molecular flexibility index (Phi) is 4.61. The van der Waals surface area contributed by atoms with Crippen molar-refractivity contribution in [3.63, 3.8) is 0 Å². The van der Waals surface area contributed by atoms with Gasteiger partial charge in [-0.15, -0.1) is 0 Å². The highest BCUT2D eigenvalue weighted by atomic mass is 16.3. The molecule has 0 unspecified atom stereocenters. The highest BCUT2D eigenvalue weighted by Crippen LogP contribution is 2.27. The SMILES string of the molecule is Cc1[nH]n(-c2ccccc2)c(=O)c1C=Nc1cc(CC=O)ccc1O. The highest BCUT2D eigenvalue weighted by molar-refractivity contribution is 5.83. The second kappa shape index (κ2) is 7.00. The first-order valence-electron chi connectivity index (χ1n) is 7.77. The van der Waals surface area contributed by atoms with E-state index in [9.17, 15) is 14.7 Å². The van der Waals surface area contributed by atoms with E-state index in [0.29, 0.717) is 16.9 Å². The summed E-state index contributed by atoms with van der Waals surface area (Å²) in [6, 6.07) is 14.0. The van der Waals surface area contributed by atoms with Crippen molar-refractivity contribution >= 4 is 18.2 Å². The smallest absolute Gasteiger partial charge is 0.280 e. The molecule has 0 aliphatic carbocycles. The molecule has 0 aliphatic heterocycles. The minimum atomic E-state index is -0.226. The topological polar surface area (TPSA) is 87.5 Å². The molecule has 6 nitrogen and oxygen atoms in total. The number of aryl methyl sites for hydroxylation is 1. The Morgan fingerprint density at radius 3 is 2.68 bits per heavy atom. The predicted octanol–water partition coefficient (Wildman–Crippen LogP) is 2.67. The summed E-state index contributed by atoms with van der Waals surface area (Å²) in [7, 11) is 0. The fourth-order valence-electron chi connectivity index (χ4n) is 2.50. The summed E-state index contributed by atoms with van der Waals surface area (Å²) in [5.41, 5.74) is 2.63. The van der Waals surface area contributed by atoms with Gasteiger partial charge in [0.05, 0.1) is 11.3 Å². The van der Waals surface area contributed by atoms with E-state index < -0.39 is 0 Å². The largest absolute Gasteiger partial charge is 0.506 e. The molecule has 1 heterocycles. The Morgan fingerprint density at radius 1 is 1.20 bits per heavy atom. The van der Waals surface area contributed by atoms with Gasteiger partial charge in [-0.25, -0.2) is 4.68 Å². The van der Waals surface area contributed by atoms with Crippen molar-refractivity contribution in [1.82, 2.24) is 9.78 Å². The zero-order chi connectivity index (χ0) is 17.8. The van der Waals surface area contributed by atoms with Crippen LogP contribution in [0.1, 0.15) is 16.8 Å². The first-order valence-corrected chi connectivity index (χ1v) is 7.77. The van der Waals surface area contributed by atoms with E-state index in [0.717, 1.165) is 17.5 Å². The normalized spacial score (nSPS) is 11.1. The summed E-state index contributed by atoms with van der Waals surface area (Å²) in [6.07, 6.45) is 2.45. The number of aliphatic imine (C=N–C) groups is 1. The Hall–Kier alpha value is -3.41. The van der Waals surface area contributed by atoms with E-state index in [1.807, 2.05) is 30.3 Å². The van der Waals surface area contributed by atoms with Crippen LogP contribution in [0.3, 0.4) is 0 Å². The quantitative estimate of drug-likeness (QED) is 0.555. The zero-order valence-corrected chi connectivity index (χ0v) is 13.6. The number of carbonyl (C=O) groups is 1. The van der Waals surface area contributed by atoms with Gasteiger partial charge in [0.2, 0.25) is 0 Å². The van der Waals surface area contributed by atoms with Crippen molar-refractivity contribution in [3.05, 3.63) is 75.7 Å². The van der Waals surface area contributed by atoms with Gasteiger partial charge >= 0.3 is 0 Å². The number of hydrogen-bond donors (Lipinski definition) is 2. The second-order valence-corrected chi connectivity index (χ2v) is 5.58. The number of para-hydroxylation sites is 1. The summed E-state index contributed by atoms with van der Waals surface area (Å²) in [4.78, 5) is 27.4. The average Bonchev–Trinajstić information content (AvgIpc) is 2.91. The maximum absolute atomic E-state index is 12.6. The van der Waals surface area contributed by atoms with Gasteiger partial charge in [-0.2, -0.15) is 0 Å². The average molecular weight is 335 g/mol. The lowest BCUT2D eigenvalue weighted by Gasteiger charge is -2.01. The van der Waals surface area contributed by atoms with Crippen LogP contribution >= 0.6 is 0 Å².